The Hall–Kier alpha value is -2.82. The van der Waals surface area contributed by atoms with Crippen molar-refractivity contribution in [1.29, 1.82) is 0 Å². The molecule has 0 radical (unpaired) electrons. The van der Waals surface area contributed by atoms with Gasteiger partial charge in [-0.25, -0.2) is 4.98 Å². The highest BCUT2D eigenvalue weighted by molar-refractivity contribution is 6.06. The molecule has 5 heteroatoms. The Kier molecular flexibility index (Phi) is 3.92. The Morgan fingerprint density at radius 3 is 2.96 bits per heavy atom. The number of H-pyrrole nitrogens is 1. The van der Waals surface area contributed by atoms with Gasteiger partial charge in [0.1, 0.15) is 5.65 Å². The fourth-order valence-corrected chi connectivity index (χ4v) is 3.78. The van der Waals surface area contributed by atoms with Crippen LogP contribution in [-0.4, -0.2) is 30.0 Å². The molecule has 2 aromatic heterocycles. The van der Waals surface area contributed by atoms with Crippen molar-refractivity contribution in [3.63, 3.8) is 0 Å². The number of hydrogen-bond donors (Lipinski definition) is 2. The summed E-state index contributed by atoms with van der Waals surface area (Å²) in [6, 6.07) is 10.4. The third-order valence-electron chi connectivity index (χ3n) is 4.92. The number of aromatic nitrogens is 2. The Labute approximate surface area is 147 Å². The molecule has 0 saturated heterocycles. The lowest BCUT2D eigenvalue weighted by molar-refractivity contribution is 0.0933. The van der Waals surface area contributed by atoms with Crippen molar-refractivity contribution in [3.05, 3.63) is 59.4 Å². The van der Waals surface area contributed by atoms with Crippen molar-refractivity contribution in [2.75, 3.05) is 19.0 Å². The Morgan fingerprint density at radius 1 is 1.28 bits per heavy atom. The molecule has 25 heavy (non-hydrogen) atoms. The number of carbonyl (C=O) groups excluding carboxylic acids is 1. The Morgan fingerprint density at radius 2 is 2.12 bits per heavy atom. The van der Waals surface area contributed by atoms with Crippen molar-refractivity contribution in [2.45, 2.75) is 25.3 Å². The van der Waals surface area contributed by atoms with Crippen molar-refractivity contribution in [3.8, 4) is 0 Å². The molecule has 3 aromatic rings. The third kappa shape index (κ3) is 2.76. The first-order valence-electron chi connectivity index (χ1n) is 8.67. The minimum atomic E-state index is -0.0685. The van der Waals surface area contributed by atoms with Gasteiger partial charge in [0.25, 0.3) is 5.91 Å². The standard InChI is InChI=1S/C20H22N4O/c1-24(2)18-15-10-11-21-19(15)22-12-16(18)20(25)23-17-9-5-7-13-6-3-4-8-14(13)17/h3-4,6,8,10-12,17H,5,7,9H2,1-2H3,(H,21,22)(H,23,25). The number of aromatic amines is 1. The van der Waals surface area contributed by atoms with Gasteiger partial charge in [0, 0.05) is 31.9 Å². The Bertz CT molecular complexity index is 928. The number of fused-ring (bicyclic) bond motifs is 2. The summed E-state index contributed by atoms with van der Waals surface area (Å²) in [5.74, 6) is -0.0685. The summed E-state index contributed by atoms with van der Waals surface area (Å²) in [5.41, 5.74) is 4.88. The van der Waals surface area contributed by atoms with Crippen LogP contribution in [0.3, 0.4) is 0 Å². The van der Waals surface area contributed by atoms with Crippen LogP contribution in [0.4, 0.5) is 5.69 Å². The molecule has 0 saturated carbocycles. The smallest absolute Gasteiger partial charge is 0.255 e. The topological polar surface area (TPSA) is 61.0 Å². The summed E-state index contributed by atoms with van der Waals surface area (Å²) in [7, 11) is 3.91. The summed E-state index contributed by atoms with van der Waals surface area (Å²) < 4.78 is 0. The average Bonchev–Trinajstić information content (AvgIpc) is 3.09. The summed E-state index contributed by atoms with van der Waals surface area (Å²) in [4.78, 5) is 22.5. The van der Waals surface area contributed by atoms with Crippen molar-refractivity contribution in [1.82, 2.24) is 15.3 Å². The van der Waals surface area contributed by atoms with Gasteiger partial charge < -0.3 is 15.2 Å². The van der Waals surface area contributed by atoms with E-state index in [0.717, 1.165) is 36.0 Å². The molecule has 0 fully saturated rings. The van der Waals surface area contributed by atoms with E-state index < -0.39 is 0 Å². The fraction of sp³-hybridized carbons (Fsp3) is 0.300. The van der Waals surface area contributed by atoms with Crippen LogP contribution in [0.25, 0.3) is 11.0 Å². The van der Waals surface area contributed by atoms with Crippen LogP contribution in [0.5, 0.6) is 0 Å². The van der Waals surface area contributed by atoms with E-state index in [1.54, 1.807) is 6.20 Å². The molecule has 2 N–H and O–H groups in total. The minimum absolute atomic E-state index is 0.0642. The predicted octanol–water partition coefficient (Wildman–Crippen LogP) is 3.44. The number of rotatable bonds is 3. The third-order valence-corrected chi connectivity index (χ3v) is 4.92. The molecular weight excluding hydrogens is 312 g/mol. The average molecular weight is 334 g/mol. The molecule has 128 valence electrons. The maximum atomic E-state index is 13.0. The number of carbonyl (C=O) groups is 1. The number of hydrogen-bond acceptors (Lipinski definition) is 3. The molecule has 2 heterocycles. The van der Waals surface area contributed by atoms with E-state index in [0.29, 0.717) is 5.56 Å². The SMILES string of the molecule is CN(C)c1c(C(=O)NC2CCCc3ccccc32)cnc2[nH]ccc12. The van der Waals surface area contributed by atoms with Gasteiger partial charge in [-0.05, 0) is 36.5 Å². The van der Waals surface area contributed by atoms with Gasteiger partial charge in [0.2, 0.25) is 0 Å². The fourth-order valence-electron chi connectivity index (χ4n) is 3.78. The van der Waals surface area contributed by atoms with Crippen LogP contribution in [0.15, 0.2) is 42.7 Å². The van der Waals surface area contributed by atoms with Gasteiger partial charge in [-0.2, -0.15) is 0 Å². The van der Waals surface area contributed by atoms with Gasteiger partial charge in [-0.3, -0.25) is 4.79 Å². The van der Waals surface area contributed by atoms with Crippen LogP contribution < -0.4 is 10.2 Å². The molecule has 0 bridgehead atoms. The van der Waals surface area contributed by atoms with E-state index in [4.69, 9.17) is 0 Å². The molecular formula is C20H22N4O. The number of amides is 1. The van der Waals surface area contributed by atoms with Crippen LogP contribution in [0.1, 0.15) is 40.4 Å². The molecule has 5 nitrogen and oxygen atoms in total. The minimum Gasteiger partial charge on any atom is -0.376 e. The van der Waals surface area contributed by atoms with E-state index in [1.165, 1.54) is 11.1 Å². The highest BCUT2D eigenvalue weighted by Gasteiger charge is 2.24. The van der Waals surface area contributed by atoms with Gasteiger partial charge in [-0.1, -0.05) is 24.3 Å². The molecule has 1 aromatic carbocycles. The highest BCUT2D eigenvalue weighted by Crippen LogP contribution is 2.31. The zero-order valence-corrected chi connectivity index (χ0v) is 14.5. The zero-order chi connectivity index (χ0) is 17.4. The second-order valence-electron chi connectivity index (χ2n) is 6.77. The molecule has 1 aliphatic carbocycles. The van der Waals surface area contributed by atoms with Crippen LogP contribution in [0.2, 0.25) is 0 Å². The van der Waals surface area contributed by atoms with Gasteiger partial charge in [0.05, 0.1) is 17.3 Å². The van der Waals surface area contributed by atoms with Crippen molar-refractivity contribution in [2.24, 2.45) is 0 Å². The largest absolute Gasteiger partial charge is 0.376 e. The number of nitrogens with one attached hydrogen (secondary N) is 2. The van der Waals surface area contributed by atoms with Crippen molar-refractivity contribution < 1.29 is 4.79 Å². The molecule has 0 aliphatic heterocycles. The first-order valence-corrected chi connectivity index (χ1v) is 8.67. The Balaban J connectivity index is 1.69. The second-order valence-corrected chi connectivity index (χ2v) is 6.77. The quantitative estimate of drug-likeness (QED) is 0.771. The lowest BCUT2D eigenvalue weighted by atomic mass is 9.87. The molecule has 4 rings (SSSR count). The molecule has 1 atom stereocenters. The van der Waals surface area contributed by atoms with Crippen LogP contribution in [-0.2, 0) is 6.42 Å². The summed E-state index contributed by atoms with van der Waals surface area (Å²) in [5, 5.41) is 4.19. The van der Waals surface area contributed by atoms with Crippen LogP contribution in [0, 0.1) is 0 Å². The summed E-state index contributed by atoms with van der Waals surface area (Å²) in [6.45, 7) is 0. The summed E-state index contributed by atoms with van der Waals surface area (Å²) >= 11 is 0. The van der Waals surface area contributed by atoms with E-state index in [2.05, 4.69) is 33.5 Å². The molecule has 1 aliphatic rings. The van der Waals surface area contributed by atoms with E-state index in [-0.39, 0.29) is 11.9 Å². The molecule has 1 unspecified atom stereocenters. The maximum absolute atomic E-state index is 13.0. The highest BCUT2D eigenvalue weighted by atomic mass is 16.1. The molecule has 1 amide bonds. The number of pyridine rings is 1. The second kappa shape index (κ2) is 6.24. The van der Waals surface area contributed by atoms with E-state index in [1.807, 2.05) is 37.3 Å². The van der Waals surface area contributed by atoms with Gasteiger partial charge in [0.15, 0.2) is 0 Å². The molecule has 0 spiro atoms. The lowest BCUT2D eigenvalue weighted by Crippen LogP contribution is -2.32. The number of aryl methyl sites for hydroxylation is 1. The lowest BCUT2D eigenvalue weighted by Gasteiger charge is -2.27. The number of nitrogens with zero attached hydrogens (tertiary/aromatic N) is 2. The van der Waals surface area contributed by atoms with E-state index in [9.17, 15) is 4.79 Å². The normalized spacial score (nSPS) is 16.5. The van der Waals surface area contributed by atoms with E-state index >= 15 is 0 Å². The number of anilines is 1. The van der Waals surface area contributed by atoms with Crippen LogP contribution >= 0.6 is 0 Å². The first-order chi connectivity index (χ1) is 12.1. The maximum Gasteiger partial charge on any atom is 0.255 e. The number of benzene rings is 1. The monoisotopic (exact) mass is 334 g/mol. The van der Waals surface area contributed by atoms with Gasteiger partial charge >= 0.3 is 0 Å². The first kappa shape index (κ1) is 15.7. The van der Waals surface area contributed by atoms with Gasteiger partial charge in [-0.15, -0.1) is 0 Å². The zero-order valence-electron chi connectivity index (χ0n) is 14.5. The van der Waals surface area contributed by atoms with Crippen molar-refractivity contribution >= 4 is 22.6 Å². The predicted molar refractivity (Wildman–Crippen MR) is 100 cm³/mol. The summed E-state index contributed by atoms with van der Waals surface area (Å²) in [6.07, 6.45) is 6.67.